The second kappa shape index (κ2) is 7.89. The number of esters is 3. The summed E-state index contributed by atoms with van der Waals surface area (Å²) in [5, 5.41) is 10.6. The van der Waals surface area contributed by atoms with Crippen molar-refractivity contribution >= 4 is 28.8 Å². The van der Waals surface area contributed by atoms with Crippen molar-refractivity contribution in [1.82, 2.24) is 4.57 Å². The first-order chi connectivity index (χ1) is 13.3. The lowest BCUT2D eigenvalue weighted by Gasteiger charge is -2.41. The summed E-state index contributed by atoms with van der Waals surface area (Å²) in [6.45, 7) is 3.58. The third kappa shape index (κ3) is 3.94. The number of aromatic nitrogens is 1. The number of phenols is 1. The lowest BCUT2D eigenvalue weighted by molar-refractivity contribution is -0.239. The van der Waals surface area contributed by atoms with E-state index in [1.54, 1.807) is 35.0 Å². The molecule has 0 amide bonds. The Balaban J connectivity index is 2.03. The van der Waals surface area contributed by atoms with Gasteiger partial charge in [0.05, 0.1) is 12.1 Å². The van der Waals surface area contributed by atoms with Crippen LogP contribution < -0.4 is 0 Å². The van der Waals surface area contributed by atoms with Crippen molar-refractivity contribution in [2.75, 3.05) is 6.61 Å². The first-order valence-electron chi connectivity index (χ1n) is 8.69. The van der Waals surface area contributed by atoms with Crippen LogP contribution in [0.4, 0.5) is 0 Å². The van der Waals surface area contributed by atoms with Gasteiger partial charge in [0.2, 0.25) is 0 Å². The van der Waals surface area contributed by atoms with Gasteiger partial charge in [-0.15, -0.1) is 0 Å². The van der Waals surface area contributed by atoms with Gasteiger partial charge in [-0.2, -0.15) is 0 Å². The smallest absolute Gasteiger partial charge is 0.303 e. The summed E-state index contributed by atoms with van der Waals surface area (Å²) in [7, 11) is 0. The van der Waals surface area contributed by atoms with Gasteiger partial charge in [0.25, 0.3) is 0 Å². The first-order valence-corrected chi connectivity index (χ1v) is 8.69. The third-order valence-corrected chi connectivity index (χ3v) is 4.34. The molecule has 1 aromatic carbocycles. The second-order valence-electron chi connectivity index (χ2n) is 6.45. The van der Waals surface area contributed by atoms with Crippen molar-refractivity contribution in [3.8, 4) is 5.75 Å². The predicted molar refractivity (Wildman–Crippen MR) is 95.3 cm³/mol. The van der Waals surface area contributed by atoms with Gasteiger partial charge in [0.15, 0.2) is 24.5 Å². The van der Waals surface area contributed by atoms with Gasteiger partial charge in [-0.05, 0) is 18.2 Å². The summed E-state index contributed by atoms with van der Waals surface area (Å²) in [5.74, 6) is -1.72. The minimum Gasteiger partial charge on any atom is -0.507 e. The van der Waals surface area contributed by atoms with E-state index in [4.69, 9.17) is 18.9 Å². The molecular formula is C19H21NO8. The molecule has 1 fully saturated rings. The number of phenolic OH excluding ortho intramolecular Hbond substituents is 1. The molecule has 2 aromatic rings. The highest BCUT2D eigenvalue weighted by Crippen LogP contribution is 2.35. The van der Waals surface area contributed by atoms with Gasteiger partial charge in [0, 0.05) is 32.4 Å². The maximum Gasteiger partial charge on any atom is 0.303 e. The molecule has 1 aliphatic rings. The third-order valence-electron chi connectivity index (χ3n) is 4.34. The fourth-order valence-corrected chi connectivity index (χ4v) is 3.36. The van der Waals surface area contributed by atoms with Crippen LogP contribution in [0.5, 0.6) is 5.75 Å². The highest BCUT2D eigenvalue weighted by atomic mass is 16.6. The maximum absolute atomic E-state index is 11.7. The molecule has 0 bridgehead atoms. The molecule has 9 heteroatoms. The number of carbonyl (C=O) groups is 3. The standard InChI is InChI=1S/C19H21NO8/c1-10(21)26-16-9-25-19(18(28-12(3)23)17(16)27-11(2)22)20-8-7-13-14(20)5-4-6-15(13)24/h4-8,16-19,24H,9H2,1-3H3/t16-,17+,18-,19-/m1/s1. The molecular weight excluding hydrogens is 370 g/mol. The van der Waals surface area contributed by atoms with Crippen molar-refractivity contribution in [1.29, 1.82) is 0 Å². The summed E-state index contributed by atoms with van der Waals surface area (Å²) in [4.78, 5) is 34.8. The molecule has 28 heavy (non-hydrogen) atoms. The molecule has 0 radical (unpaired) electrons. The lowest BCUT2D eigenvalue weighted by atomic mass is 10.0. The molecule has 2 heterocycles. The molecule has 0 saturated carbocycles. The zero-order valence-corrected chi connectivity index (χ0v) is 15.7. The zero-order valence-electron chi connectivity index (χ0n) is 15.7. The number of fused-ring (bicyclic) bond motifs is 1. The van der Waals surface area contributed by atoms with Gasteiger partial charge >= 0.3 is 17.9 Å². The zero-order chi connectivity index (χ0) is 20.4. The number of hydrogen-bond acceptors (Lipinski definition) is 8. The van der Waals surface area contributed by atoms with Gasteiger partial charge in [-0.1, -0.05) is 6.07 Å². The molecule has 1 N–H and O–H groups in total. The molecule has 1 aromatic heterocycles. The van der Waals surface area contributed by atoms with E-state index in [1.165, 1.54) is 20.8 Å². The number of rotatable bonds is 4. The van der Waals surface area contributed by atoms with Crippen LogP contribution in [0.25, 0.3) is 10.9 Å². The molecule has 1 saturated heterocycles. The van der Waals surface area contributed by atoms with Gasteiger partial charge in [-0.3, -0.25) is 14.4 Å². The number of ether oxygens (including phenoxy) is 4. The van der Waals surface area contributed by atoms with Gasteiger partial charge < -0.3 is 28.6 Å². The minimum atomic E-state index is -1.07. The Bertz CT molecular complexity index is 904. The van der Waals surface area contributed by atoms with E-state index in [9.17, 15) is 19.5 Å². The number of carbonyl (C=O) groups excluding carboxylic acids is 3. The van der Waals surface area contributed by atoms with E-state index in [-0.39, 0.29) is 12.4 Å². The molecule has 150 valence electrons. The number of aromatic hydroxyl groups is 1. The van der Waals surface area contributed by atoms with Crippen molar-refractivity contribution in [2.45, 2.75) is 45.3 Å². The Labute approximate surface area is 160 Å². The molecule has 3 rings (SSSR count). The van der Waals surface area contributed by atoms with Crippen LogP contribution in [0, 0.1) is 0 Å². The number of nitrogens with zero attached hydrogens (tertiary/aromatic N) is 1. The number of hydrogen-bond donors (Lipinski definition) is 1. The summed E-state index contributed by atoms with van der Waals surface area (Å²) in [6.07, 6.45) is -2.25. The molecule has 0 aliphatic carbocycles. The SMILES string of the molecule is CC(=O)O[C@@H]1[C@@H](OC(C)=O)[C@H](OC(C)=O)CO[C@H]1n1ccc2c(O)cccc21. The first kappa shape index (κ1) is 19.7. The second-order valence-corrected chi connectivity index (χ2v) is 6.45. The fraction of sp³-hybridized carbons (Fsp3) is 0.421. The molecule has 0 spiro atoms. The van der Waals surface area contributed by atoms with Crippen LogP contribution in [0.3, 0.4) is 0 Å². The topological polar surface area (TPSA) is 113 Å². The van der Waals surface area contributed by atoms with Gasteiger partial charge in [0.1, 0.15) is 5.75 Å². The Morgan fingerprint density at radius 1 is 1.00 bits per heavy atom. The van der Waals surface area contributed by atoms with E-state index >= 15 is 0 Å². The predicted octanol–water partition coefficient (Wildman–Crippen LogP) is 1.67. The van der Waals surface area contributed by atoms with Crippen LogP contribution in [0.1, 0.15) is 27.0 Å². The fourth-order valence-electron chi connectivity index (χ4n) is 3.36. The maximum atomic E-state index is 11.7. The van der Waals surface area contributed by atoms with Crippen LogP contribution in [0.2, 0.25) is 0 Å². The van der Waals surface area contributed by atoms with E-state index < -0.39 is 42.4 Å². The van der Waals surface area contributed by atoms with Crippen molar-refractivity contribution in [3.63, 3.8) is 0 Å². The van der Waals surface area contributed by atoms with E-state index in [0.717, 1.165) is 0 Å². The Kier molecular flexibility index (Phi) is 5.55. The average Bonchev–Trinajstić information content (AvgIpc) is 3.02. The van der Waals surface area contributed by atoms with Gasteiger partial charge in [-0.25, -0.2) is 0 Å². The minimum absolute atomic E-state index is 0.0710. The Morgan fingerprint density at radius 3 is 2.29 bits per heavy atom. The summed E-state index contributed by atoms with van der Waals surface area (Å²) in [5.41, 5.74) is 0.634. The monoisotopic (exact) mass is 391 g/mol. The summed E-state index contributed by atoms with van der Waals surface area (Å²) in [6, 6.07) is 6.68. The Hall–Kier alpha value is -3.07. The highest BCUT2D eigenvalue weighted by molar-refractivity contribution is 5.86. The van der Waals surface area contributed by atoms with Crippen LogP contribution in [0.15, 0.2) is 30.5 Å². The van der Waals surface area contributed by atoms with E-state index in [1.807, 2.05) is 0 Å². The normalized spacial score (nSPS) is 24.5. The van der Waals surface area contributed by atoms with E-state index in [2.05, 4.69) is 0 Å². The molecule has 0 unspecified atom stereocenters. The average molecular weight is 391 g/mol. The van der Waals surface area contributed by atoms with Crippen molar-refractivity contribution < 1.29 is 38.4 Å². The van der Waals surface area contributed by atoms with Crippen molar-refractivity contribution in [2.24, 2.45) is 0 Å². The highest BCUT2D eigenvalue weighted by Gasteiger charge is 2.47. The van der Waals surface area contributed by atoms with Crippen LogP contribution >= 0.6 is 0 Å². The summed E-state index contributed by atoms with van der Waals surface area (Å²) < 4.78 is 23.5. The van der Waals surface area contributed by atoms with E-state index in [0.29, 0.717) is 10.9 Å². The lowest BCUT2D eigenvalue weighted by Crippen LogP contribution is -2.55. The van der Waals surface area contributed by atoms with Crippen LogP contribution in [-0.4, -0.2) is 52.5 Å². The number of benzene rings is 1. The van der Waals surface area contributed by atoms with Crippen LogP contribution in [-0.2, 0) is 33.3 Å². The van der Waals surface area contributed by atoms with Crippen molar-refractivity contribution in [3.05, 3.63) is 30.5 Å². The molecule has 1 aliphatic heterocycles. The molecule has 4 atom stereocenters. The summed E-state index contributed by atoms with van der Waals surface area (Å²) >= 11 is 0. The largest absolute Gasteiger partial charge is 0.507 e. The quantitative estimate of drug-likeness (QED) is 0.619. The Morgan fingerprint density at radius 2 is 1.64 bits per heavy atom. The molecule has 9 nitrogen and oxygen atoms in total.